The Balaban J connectivity index is 1.81. The SMILES string of the molecule is COC(=O)C[C@@H]1C[C@H](c2ccc(C(F)(F)F)cc2)N(Cc2ccc(C(F)(F)F)cc2)C1. The molecule has 0 aromatic heterocycles. The molecular formula is C22H21F6NO2. The van der Waals surface area contributed by atoms with Gasteiger partial charge in [-0.15, -0.1) is 0 Å². The van der Waals surface area contributed by atoms with Gasteiger partial charge in [-0.3, -0.25) is 9.69 Å². The molecule has 0 bridgehead atoms. The number of methoxy groups -OCH3 is 1. The molecule has 0 radical (unpaired) electrons. The predicted octanol–water partition coefficient (Wildman–Crippen LogP) is 5.85. The molecule has 0 saturated carbocycles. The van der Waals surface area contributed by atoms with E-state index in [1.165, 1.54) is 31.4 Å². The van der Waals surface area contributed by atoms with Crippen LogP contribution in [0.4, 0.5) is 26.3 Å². The number of nitrogens with zero attached hydrogens (tertiary/aromatic N) is 1. The molecule has 2 aromatic rings. The van der Waals surface area contributed by atoms with Crippen molar-refractivity contribution in [2.75, 3.05) is 13.7 Å². The first-order chi connectivity index (χ1) is 14.5. The van der Waals surface area contributed by atoms with Crippen molar-refractivity contribution in [3.05, 3.63) is 70.8 Å². The zero-order valence-corrected chi connectivity index (χ0v) is 16.6. The minimum absolute atomic E-state index is 0.0748. The van der Waals surface area contributed by atoms with Gasteiger partial charge in [0.25, 0.3) is 0 Å². The van der Waals surface area contributed by atoms with E-state index < -0.39 is 23.5 Å². The average Bonchev–Trinajstić information content (AvgIpc) is 3.09. The summed E-state index contributed by atoms with van der Waals surface area (Å²) in [6.07, 6.45) is -8.18. The van der Waals surface area contributed by atoms with Crippen molar-refractivity contribution in [3.63, 3.8) is 0 Å². The number of alkyl halides is 6. The van der Waals surface area contributed by atoms with Gasteiger partial charge in [0.15, 0.2) is 0 Å². The van der Waals surface area contributed by atoms with Crippen LogP contribution in [0.15, 0.2) is 48.5 Å². The second-order valence-corrected chi connectivity index (χ2v) is 7.64. The number of carbonyl (C=O) groups excluding carboxylic acids is 1. The summed E-state index contributed by atoms with van der Waals surface area (Å²) in [6.45, 7) is 0.781. The molecule has 3 nitrogen and oxygen atoms in total. The first-order valence-corrected chi connectivity index (χ1v) is 9.61. The van der Waals surface area contributed by atoms with E-state index in [1.54, 1.807) is 0 Å². The second-order valence-electron chi connectivity index (χ2n) is 7.64. The van der Waals surface area contributed by atoms with E-state index in [0.717, 1.165) is 24.3 Å². The van der Waals surface area contributed by atoms with Crippen molar-refractivity contribution in [2.24, 2.45) is 5.92 Å². The van der Waals surface area contributed by atoms with Crippen LogP contribution in [0.3, 0.4) is 0 Å². The summed E-state index contributed by atoms with van der Waals surface area (Å²) in [7, 11) is 1.28. The van der Waals surface area contributed by atoms with E-state index in [2.05, 4.69) is 0 Å². The van der Waals surface area contributed by atoms with Crippen LogP contribution in [0.25, 0.3) is 0 Å². The molecule has 0 spiro atoms. The van der Waals surface area contributed by atoms with E-state index in [1.807, 2.05) is 4.90 Å². The monoisotopic (exact) mass is 445 g/mol. The average molecular weight is 445 g/mol. The molecule has 2 aromatic carbocycles. The van der Waals surface area contributed by atoms with E-state index in [4.69, 9.17) is 4.74 Å². The lowest BCUT2D eigenvalue weighted by Crippen LogP contribution is -2.24. The van der Waals surface area contributed by atoms with Crippen LogP contribution in [-0.4, -0.2) is 24.5 Å². The highest BCUT2D eigenvalue weighted by Crippen LogP contribution is 2.39. The maximum atomic E-state index is 12.9. The smallest absolute Gasteiger partial charge is 0.416 e. The Bertz CT molecular complexity index is 890. The molecule has 0 unspecified atom stereocenters. The zero-order valence-electron chi connectivity index (χ0n) is 16.6. The fraction of sp³-hybridized carbons (Fsp3) is 0.409. The van der Waals surface area contributed by atoms with Crippen LogP contribution in [0.1, 0.15) is 41.1 Å². The third-order valence-corrected chi connectivity index (χ3v) is 5.46. The molecule has 1 saturated heterocycles. The van der Waals surface area contributed by atoms with E-state index in [9.17, 15) is 31.1 Å². The summed E-state index contributed by atoms with van der Waals surface area (Å²) in [5.41, 5.74) is -0.203. The minimum Gasteiger partial charge on any atom is -0.469 e. The van der Waals surface area contributed by atoms with Gasteiger partial charge in [-0.25, -0.2) is 0 Å². The van der Waals surface area contributed by atoms with Gasteiger partial charge in [0, 0.05) is 25.6 Å². The number of ether oxygens (including phenoxy) is 1. The zero-order chi connectivity index (χ0) is 22.8. The number of likely N-dealkylation sites (tertiary alicyclic amines) is 1. The standard InChI is InChI=1S/C22H21F6NO2/c1-31-20(30)11-15-10-19(16-4-8-18(9-5-16)22(26,27)28)29(13-15)12-14-2-6-17(7-3-14)21(23,24)25/h2-9,15,19H,10-13H2,1H3/t15-,19+/m0/s1. The lowest BCUT2D eigenvalue weighted by Gasteiger charge is -2.25. The van der Waals surface area contributed by atoms with Gasteiger partial charge in [-0.1, -0.05) is 24.3 Å². The first-order valence-electron chi connectivity index (χ1n) is 9.61. The maximum absolute atomic E-state index is 12.9. The molecule has 1 aliphatic heterocycles. The van der Waals surface area contributed by atoms with Gasteiger partial charge in [-0.2, -0.15) is 26.3 Å². The Kier molecular flexibility index (Phi) is 6.64. The molecule has 0 aliphatic carbocycles. The Hall–Kier alpha value is -2.55. The molecular weight excluding hydrogens is 424 g/mol. The fourth-order valence-electron chi connectivity index (χ4n) is 3.91. The number of carbonyl (C=O) groups is 1. The third-order valence-electron chi connectivity index (χ3n) is 5.46. The summed E-state index contributed by atoms with van der Waals surface area (Å²) in [5, 5.41) is 0. The van der Waals surface area contributed by atoms with Gasteiger partial charge >= 0.3 is 18.3 Å². The molecule has 168 valence electrons. The molecule has 31 heavy (non-hydrogen) atoms. The lowest BCUT2D eigenvalue weighted by atomic mass is 9.97. The van der Waals surface area contributed by atoms with Crippen molar-refractivity contribution >= 4 is 5.97 Å². The summed E-state index contributed by atoms with van der Waals surface area (Å²) < 4.78 is 81.7. The predicted molar refractivity (Wildman–Crippen MR) is 101 cm³/mol. The number of benzene rings is 2. The van der Waals surface area contributed by atoms with Crippen LogP contribution in [0, 0.1) is 5.92 Å². The Labute approximate surface area is 175 Å². The second kappa shape index (κ2) is 8.90. The summed E-state index contributed by atoms with van der Waals surface area (Å²) in [4.78, 5) is 13.7. The Morgan fingerprint density at radius 3 is 1.94 bits per heavy atom. The van der Waals surface area contributed by atoms with Crippen molar-refractivity contribution in [2.45, 2.75) is 37.8 Å². The molecule has 1 fully saturated rings. The topological polar surface area (TPSA) is 29.5 Å². The quantitative estimate of drug-likeness (QED) is 0.427. The summed E-state index contributed by atoms with van der Waals surface area (Å²) in [5.74, 6) is -0.457. The van der Waals surface area contributed by atoms with Crippen molar-refractivity contribution in [1.82, 2.24) is 4.90 Å². The lowest BCUT2D eigenvalue weighted by molar-refractivity contribution is -0.141. The Morgan fingerprint density at radius 2 is 1.45 bits per heavy atom. The molecule has 1 aliphatic rings. The van der Waals surface area contributed by atoms with Gasteiger partial charge in [0.2, 0.25) is 0 Å². The number of hydrogen-bond acceptors (Lipinski definition) is 3. The highest BCUT2D eigenvalue weighted by Gasteiger charge is 2.36. The van der Waals surface area contributed by atoms with Crippen LogP contribution >= 0.6 is 0 Å². The van der Waals surface area contributed by atoms with Gasteiger partial charge in [0.1, 0.15) is 0 Å². The van der Waals surface area contributed by atoms with Gasteiger partial charge < -0.3 is 4.74 Å². The molecule has 2 atom stereocenters. The van der Waals surface area contributed by atoms with Crippen molar-refractivity contribution in [3.8, 4) is 0 Å². The third kappa shape index (κ3) is 5.78. The van der Waals surface area contributed by atoms with Crippen LogP contribution in [-0.2, 0) is 28.4 Å². The number of rotatable bonds is 5. The van der Waals surface area contributed by atoms with Crippen LogP contribution in [0.5, 0.6) is 0 Å². The molecule has 1 heterocycles. The fourth-order valence-corrected chi connectivity index (χ4v) is 3.91. The maximum Gasteiger partial charge on any atom is 0.416 e. The number of halogens is 6. The van der Waals surface area contributed by atoms with Crippen molar-refractivity contribution in [1.29, 1.82) is 0 Å². The summed E-state index contributed by atoms with van der Waals surface area (Å²) in [6, 6.07) is 9.37. The first kappa shape index (κ1) is 23.1. The van der Waals surface area contributed by atoms with Crippen molar-refractivity contribution < 1.29 is 35.9 Å². The van der Waals surface area contributed by atoms with Gasteiger partial charge in [0.05, 0.1) is 18.2 Å². The normalized spacial score (nSPS) is 20.1. The van der Waals surface area contributed by atoms with Gasteiger partial charge in [-0.05, 0) is 47.7 Å². The minimum atomic E-state index is -4.44. The molecule has 9 heteroatoms. The molecule has 0 N–H and O–H groups in total. The number of hydrogen-bond donors (Lipinski definition) is 0. The summed E-state index contributed by atoms with van der Waals surface area (Å²) >= 11 is 0. The van der Waals surface area contributed by atoms with Crippen LogP contribution < -0.4 is 0 Å². The largest absolute Gasteiger partial charge is 0.469 e. The number of esters is 1. The van der Waals surface area contributed by atoms with E-state index in [-0.39, 0.29) is 24.3 Å². The molecule has 3 rings (SSSR count). The highest BCUT2D eigenvalue weighted by molar-refractivity contribution is 5.69. The van der Waals surface area contributed by atoms with Crippen LogP contribution in [0.2, 0.25) is 0 Å². The van der Waals surface area contributed by atoms with E-state index >= 15 is 0 Å². The van der Waals surface area contributed by atoms with E-state index in [0.29, 0.717) is 30.6 Å². The highest BCUT2D eigenvalue weighted by atomic mass is 19.4. The Morgan fingerprint density at radius 1 is 0.935 bits per heavy atom. The molecule has 0 amide bonds.